The molecule has 0 aromatic heterocycles. The summed E-state index contributed by atoms with van der Waals surface area (Å²) < 4.78 is 11.2. The highest BCUT2D eigenvalue weighted by molar-refractivity contribution is 5.84. The molecule has 3 atom stereocenters. The van der Waals surface area contributed by atoms with Crippen LogP contribution in [0.1, 0.15) is 85.5 Å². The number of hydrogen-bond donors (Lipinski definition) is 1. The van der Waals surface area contributed by atoms with Crippen LogP contribution in [0.2, 0.25) is 0 Å². The summed E-state index contributed by atoms with van der Waals surface area (Å²) in [6.45, 7) is 8.81. The predicted octanol–water partition coefficient (Wildman–Crippen LogP) is 3.99. The summed E-state index contributed by atoms with van der Waals surface area (Å²) in [4.78, 5) is 24.4. The van der Waals surface area contributed by atoms with E-state index in [-0.39, 0.29) is 30.0 Å². The van der Waals surface area contributed by atoms with Crippen LogP contribution in [0, 0.1) is 5.92 Å². The number of epoxide rings is 1. The van der Waals surface area contributed by atoms with Crippen molar-refractivity contribution in [2.24, 2.45) is 5.92 Å². The molecular weight excluding hydrogens is 318 g/mol. The van der Waals surface area contributed by atoms with E-state index in [9.17, 15) is 9.59 Å². The van der Waals surface area contributed by atoms with Crippen molar-refractivity contribution in [3.63, 3.8) is 0 Å². The standard InChI is InChI=1S/C20H37NO4/c1-5-7-9-10-11-12-16-18(24-16)19(20(23)21-13-8-6-2)25-17(22)14-15(3)4/h15-16,18-19H,5-14H2,1-4H3,(H,21,23)/t16-,18+,19?/m1/s1. The van der Waals surface area contributed by atoms with Crippen molar-refractivity contribution < 1.29 is 19.1 Å². The summed E-state index contributed by atoms with van der Waals surface area (Å²) in [5.41, 5.74) is 0. The van der Waals surface area contributed by atoms with E-state index in [0.29, 0.717) is 13.0 Å². The molecule has 1 aliphatic heterocycles. The van der Waals surface area contributed by atoms with Gasteiger partial charge in [-0.2, -0.15) is 0 Å². The molecule has 0 spiro atoms. The van der Waals surface area contributed by atoms with E-state index in [0.717, 1.165) is 25.7 Å². The van der Waals surface area contributed by atoms with Crippen molar-refractivity contribution in [2.45, 2.75) is 104 Å². The van der Waals surface area contributed by atoms with Gasteiger partial charge in [-0.15, -0.1) is 0 Å². The van der Waals surface area contributed by atoms with Gasteiger partial charge < -0.3 is 14.8 Å². The summed E-state index contributed by atoms with van der Waals surface area (Å²) in [7, 11) is 0. The fourth-order valence-corrected chi connectivity index (χ4v) is 2.89. The molecule has 0 saturated carbocycles. The van der Waals surface area contributed by atoms with Gasteiger partial charge in [-0.1, -0.05) is 66.2 Å². The van der Waals surface area contributed by atoms with Gasteiger partial charge in [0.25, 0.3) is 5.91 Å². The average Bonchev–Trinajstić information content (AvgIpc) is 3.31. The first-order chi connectivity index (χ1) is 12.0. The smallest absolute Gasteiger partial charge is 0.306 e. The van der Waals surface area contributed by atoms with Crippen LogP contribution in [0.4, 0.5) is 0 Å². The van der Waals surface area contributed by atoms with E-state index in [1.807, 2.05) is 13.8 Å². The van der Waals surface area contributed by atoms with E-state index in [4.69, 9.17) is 9.47 Å². The fraction of sp³-hybridized carbons (Fsp3) is 0.900. The number of unbranched alkanes of at least 4 members (excludes halogenated alkanes) is 5. The minimum atomic E-state index is -0.802. The van der Waals surface area contributed by atoms with Crippen molar-refractivity contribution in [2.75, 3.05) is 6.54 Å². The summed E-state index contributed by atoms with van der Waals surface area (Å²) in [6, 6.07) is 0. The Hall–Kier alpha value is -1.10. The van der Waals surface area contributed by atoms with Gasteiger partial charge in [-0.05, 0) is 18.8 Å². The Morgan fingerprint density at radius 1 is 1.04 bits per heavy atom. The lowest BCUT2D eigenvalue weighted by molar-refractivity contribution is -0.157. The van der Waals surface area contributed by atoms with Crippen LogP contribution < -0.4 is 5.32 Å². The van der Waals surface area contributed by atoms with E-state index < -0.39 is 6.10 Å². The zero-order valence-corrected chi connectivity index (χ0v) is 16.5. The van der Waals surface area contributed by atoms with Crippen LogP contribution in [-0.2, 0) is 19.1 Å². The molecule has 0 radical (unpaired) electrons. The van der Waals surface area contributed by atoms with E-state index in [1.165, 1.54) is 25.7 Å². The molecular formula is C20H37NO4. The Labute approximate surface area is 153 Å². The first kappa shape index (κ1) is 21.9. The maximum Gasteiger partial charge on any atom is 0.306 e. The lowest BCUT2D eigenvalue weighted by Crippen LogP contribution is -2.42. The zero-order chi connectivity index (χ0) is 18.7. The molecule has 1 N–H and O–H groups in total. The summed E-state index contributed by atoms with van der Waals surface area (Å²) in [5.74, 6) is -0.322. The van der Waals surface area contributed by atoms with Crippen LogP contribution in [0.3, 0.4) is 0 Å². The molecule has 1 saturated heterocycles. The van der Waals surface area contributed by atoms with Gasteiger partial charge in [-0.3, -0.25) is 9.59 Å². The topological polar surface area (TPSA) is 67.9 Å². The molecule has 25 heavy (non-hydrogen) atoms. The second kappa shape index (κ2) is 12.3. The Kier molecular flexibility index (Phi) is 10.8. The lowest BCUT2D eigenvalue weighted by atomic mass is 10.1. The number of esters is 1. The summed E-state index contributed by atoms with van der Waals surface area (Å²) in [5, 5.41) is 2.87. The molecule has 5 nitrogen and oxygen atoms in total. The highest BCUT2D eigenvalue weighted by atomic mass is 16.6. The maximum absolute atomic E-state index is 12.4. The van der Waals surface area contributed by atoms with Gasteiger partial charge in [0.05, 0.1) is 6.10 Å². The van der Waals surface area contributed by atoms with Gasteiger partial charge in [-0.25, -0.2) is 0 Å². The van der Waals surface area contributed by atoms with Crippen LogP contribution in [0.25, 0.3) is 0 Å². The Morgan fingerprint density at radius 3 is 2.36 bits per heavy atom. The van der Waals surface area contributed by atoms with E-state index in [2.05, 4.69) is 19.2 Å². The normalized spacial score (nSPS) is 20.4. The average molecular weight is 356 g/mol. The van der Waals surface area contributed by atoms with Gasteiger partial charge in [0.1, 0.15) is 6.10 Å². The minimum absolute atomic E-state index is 0.0513. The highest BCUT2D eigenvalue weighted by Crippen LogP contribution is 2.32. The zero-order valence-electron chi connectivity index (χ0n) is 16.5. The van der Waals surface area contributed by atoms with Crippen molar-refractivity contribution in [3.8, 4) is 0 Å². The van der Waals surface area contributed by atoms with Crippen molar-refractivity contribution in [3.05, 3.63) is 0 Å². The first-order valence-corrected chi connectivity index (χ1v) is 10.1. The van der Waals surface area contributed by atoms with Crippen molar-refractivity contribution in [1.29, 1.82) is 0 Å². The van der Waals surface area contributed by atoms with Crippen LogP contribution in [-0.4, -0.2) is 36.7 Å². The summed E-state index contributed by atoms with van der Waals surface area (Å²) >= 11 is 0. The van der Waals surface area contributed by atoms with Gasteiger partial charge in [0, 0.05) is 13.0 Å². The molecule has 146 valence electrons. The van der Waals surface area contributed by atoms with Crippen LogP contribution in [0.15, 0.2) is 0 Å². The number of amides is 1. The molecule has 0 aromatic rings. The molecule has 1 unspecified atom stereocenters. The third kappa shape index (κ3) is 9.24. The lowest BCUT2D eigenvalue weighted by Gasteiger charge is -2.17. The van der Waals surface area contributed by atoms with Crippen LogP contribution in [0.5, 0.6) is 0 Å². The molecule has 1 amide bonds. The first-order valence-electron chi connectivity index (χ1n) is 10.1. The molecule has 0 bridgehead atoms. The third-order valence-electron chi connectivity index (χ3n) is 4.43. The molecule has 1 aliphatic rings. The number of carbonyl (C=O) groups is 2. The molecule has 5 heteroatoms. The second-order valence-corrected chi connectivity index (χ2v) is 7.50. The second-order valence-electron chi connectivity index (χ2n) is 7.50. The van der Waals surface area contributed by atoms with Crippen molar-refractivity contribution in [1.82, 2.24) is 5.32 Å². The fourth-order valence-electron chi connectivity index (χ4n) is 2.89. The SMILES string of the molecule is CCCCCCC[C@H]1O[C@@H]1C(OC(=O)CC(C)C)C(=O)NCCCC. The van der Waals surface area contributed by atoms with Gasteiger partial charge in [0.15, 0.2) is 0 Å². The number of ether oxygens (including phenoxy) is 2. The number of carbonyl (C=O) groups excluding carboxylic acids is 2. The molecule has 1 heterocycles. The van der Waals surface area contributed by atoms with E-state index in [1.54, 1.807) is 0 Å². The quantitative estimate of drug-likeness (QED) is 0.291. The highest BCUT2D eigenvalue weighted by Gasteiger charge is 2.49. The van der Waals surface area contributed by atoms with Crippen LogP contribution >= 0.6 is 0 Å². The van der Waals surface area contributed by atoms with E-state index >= 15 is 0 Å². The molecule has 0 aromatic carbocycles. The number of nitrogens with one attached hydrogen (secondary N) is 1. The predicted molar refractivity (Wildman–Crippen MR) is 99.3 cm³/mol. The Morgan fingerprint density at radius 2 is 1.72 bits per heavy atom. The third-order valence-corrected chi connectivity index (χ3v) is 4.43. The van der Waals surface area contributed by atoms with Gasteiger partial charge in [0.2, 0.25) is 6.10 Å². The van der Waals surface area contributed by atoms with Crippen molar-refractivity contribution >= 4 is 11.9 Å². The molecule has 0 aliphatic carbocycles. The largest absolute Gasteiger partial charge is 0.449 e. The molecule has 1 fully saturated rings. The monoisotopic (exact) mass is 355 g/mol. The number of hydrogen-bond acceptors (Lipinski definition) is 4. The minimum Gasteiger partial charge on any atom is -0.449 e. The van der Waals surface area contributed by atoms with Gasteiger partial charge >= 0.3 is 5.97 Å². The Bertz CT molecular complexity index is 397. The summed E-state index contributed by atoms with van der Waals surface area (Å²) in [6.07, 6.45) is 8.22. The Balaban J connectivity index is 2.45. The number of rotatable bonds is 14. The maximum atomic E-state index is 12.4. The molecule has 1 rings (SSSR count).